The maximum absolute atomic E-state index is 5.52. The molecule has 4 aromatic rings. The van der Waals surface area contributed by atoms with Crippen LogP contribution in [-0.2, 0) is 0 Å². The fourth-order valence-corrected chi connectivity index (χ4v) is 4.53. The molecular formula is C19H16N4OS2. The van der Waals surface area contributed by atoms with Gasteiger partial charge >= 0.3 is 0 Å². The highest BCUT2D eigenvalue weighted by Gasteiger charge is 2.17. The molecule has 4 rings (SSSR count). The van der Waals surface area contributed by atoms with E-state index >= 15 is 0 Å². The van der Waals surface area contributed by atoms with Crippen LogP contribution < -0.4 is 10.2 Å². The molecule has 0 unspecified atom stereocenters. The number of anilines is 1. The summed E-state index contributed by atoms with van der Waals surface area (Å²) in [5.41, 5.74) is 6.15. The lowest BCUT2D eigenvalue weighted by molar-refractivity contribution is 0.416. The van der Waals surface area contributed by atoms with Gasteiger partial charge in [0.2, 0.25) is 0 Å². The molecule has 130 valence electrons. The molecule has 26 heavy (non-hydrogen) atoms. The van der Waals surface area contributed by atoms with Crippen LogP contribution in [-0.4, -0.2) is 23.3 Å². The van der Waals surface area contributed by atoms with Gasteiger partial charge in [-0.25, -0.2) is 9.97 Å². The van der Waals surface area contributed by atoms with E-state index in [1.54, 1.807) is 42.3 Å². The molecule has 0 bridgehead atoms. The fourth-order valence-electron chi connectivity index (χ4n) is 2.71. The van der Waals surface area contributed by atoms with Gasteiger partial charge in [0.15, 0.2) is 5.82 Å². The molecule has 3 heterocycles. The summed E-state index contributed by atoms with van der Waals surface area (Å²) in [6.45, 7) is 2.08. The van der Waals surface area contributed by atoms with Crippen molar-refractivity contribution in [3.8, 4) is 16.2 Å². The Kier molecular flexibility index (Phi) is 4.64. The lowest BCUT2D eigenvalue weighted by Gasteiger charge is -2.06. The normalized spacial score (nSPS) is 11.3. The zero-order valence-electron chi connectivity index (χ0n) is 14.3. The number of benzene rings is 1. The van der Waals surface area contributed by atoms with Crippen LogP contribution in [0, 0.1) is 6.92 Å². The number of hydrazone groups is 1. The number of nitrogens with one attached hydrogen (secondary N) is 1. The molecule has 3 aromatic heterocycles. The molecular weight excluding hydrogens is 364 g/mol. The van der Waals surface area contributed by atoms with E-state index < -0.39 is 0 Å². The summed E-state index contributed by atoms with van der Waals surface area (Å²) in [5, 5.41) is 6.33. The summed E-state index contributed by atoms with van der Waals surface area (Å²) >= 11 is 3.28. The average Bonchev–Trinajstić information content (AvgIpc) is 3.30. The number of fused-ring (bicyclic) bond motifs is 1. The molecule has 0 fully saturated rings. The number of para-hydroxylation sites is 1. The van der Waals surface area contributed by atoms with Gasteiger partial charge < -0.3 is 4.74 Å². The largest absolute Gasteiger partial charge is 0.496 e. The molecule has 0 saturated carbocycles. The van der Waals surface area contributed by atoms with Crippen molar-refractivity contribution >= 4 is 44.9 Å². The Labute approximate surface area is 159 Å². The van der Waals surface area contributed by atoms with Gasteiger partial charge in [0, 0.05) is 15.3 Å². The van der Waals surface area contributed by atoms with Crippen LogP contribution in [0.5, 0.6) is 5.75 Å². The van der Waals surface area contributed by atoms with E-state index in [1.165, 1.54) is 0 Å². The van der Waals surface area contributed by atoms with Gasteiger partial charge in [-0.15, -0.1) is 22.7 Å². The predicted octanol–water partition coefficient (Wildman–Crippen LogP) is 5.18. The molecule has 0 radical (unpaired) electrons. The first-order valence-corrected chi connectivity index (χ1v) is 9.67. The second-order valence-corrected chi connectivity index (χ2v) is 7.54. The summed E-state index contributed by atoms with van der Waals surface area (Å²) in [4.78, 5) is 11.0. The summed E-state index contributed by atoms with van der Waals surface area (Å²) in [6.07, 6.45) is 3.36. The van der Waals surface area contributed by atoms with Crippen molar-refractivity contribution in [1.82, 2.24) is 9.97 Å². The van der Waals surface area contributed by atoms with E-state index in [0.717, 1.165) is 36.8 Å². The Morgan fingerprint density at radius 1 is 1.15 bits per heavy atom. The molecule has 0 atom stereocenters. The molecule has 0 aliphatic carbocycles. The highest BCUT2D eigenvalue weighted by atomic mass is 32.1. The first-order valence-electron chi connectivity index (χ1n) is 7.98. The smallest absolute Gasteiger partial charge is 0.167 e. The Hall–Kier alpha value is -2.77. The summed E-state index contributed by atoms with van der Waals surface area (Å²) < 4.78 is 6.50. The third-order valence-corrected chi connectivity index (χ3v) is 6.09. The van der Waals surface area contributed by atoms with E-state index in [-0.39, 0.29) is 0 Å². The van der Waals surface area contributed by atoms with Gasteiger partial charge in [0.1, 0.15) is 12.1 Å². The van der Waals surface area contributed by atoms with Gasteiger partial charge in [0.25, 0.3) is 0 Å². The number of nitrogens with zero attached hydrogens (tertiary/aromatic N) is 3. The van der Waals surface area contributed by atoms with E-state index in [9.17, 15) is 0 Å². The van der Waals surface area contributed by atoms with Gasteiger partial charge in [-0.2, -0.15) is 5.10 Å². The van der Waals surface area contributed by atoms with Crippen LogP contribution in [0.2, 0.25) is 0 Å². The first kappa shape index (κ1) is 16.7. The van der Waals surface area contributed by atoms with E-state index in [2.05, 4.69) is 33.5 Å². The summed E-state index contributed by atoms with van der Waals surface area (Å²) in [6, 6.07) is 12.0. The monoisotopic (exact) mass is 380 g/mol. The lowest BCUT2D eigenvalue weighted by Crippen LogP contribution is -1.94. The van der Waals surface area contributed by atoms with Gasteiger partial charge in [0.05, 0.1) is 23.5 Å². The van der Waals surface area contributed by atoms with E-state index in [4.69, 9.17) is 4.74 Å². The van der Waals surface area contributed by atoms with Crippen molar-refractivity contribution in [3.05, 3.63) is 58.5 Å². The number of rotatable bonds is 5. The Balaban J connectivity index is 1.75. The molecule has 7 heteroatoms. The van der Waals surface area contributed by atoms with Crippen molar-refractivity contribution < 1.29 is 4.74 Å². The highest BCUT2D eigenvalue weighted by molar-refractivity contribution is 7.23. The van der Waals surface area contributed by atoms with E-state index in [1.807, 2.05) is 35.7 Å². The summed E-state index contributed by atoms with van der Waals surface area (Å²) in [5.74, 6) is 1.55. The molecule has 0 saturated heterocycles. The predicted molar refractivity (Wildman–Crippen MR) is 110 cm³/mol. The molecule has 0 amide bonds. The molecule has 0 aliphatic heterocycles. The Morgan fingerprint density at radius 2 is 2.04 bits per heavy atom. The molecule has 0 aliphatic rings. The van der Waals surface area contributed by atoms with Crippen LogP contribution in [0.25, 0.3) is 20.7 Å². The SMILES string of the molecule is COc1ccccc1-c1sc2c(NN=Cc3cccs3)ncnc2c1C. The molecule has 1 N–H and O–H groups in total. The van der Waals surface area contributed by atoms with Crippen molar-refractivity contribution in [2.24, 2.45) is 5.10 Å². The zero-order valence-corrected chi connectivity index (χ0v) is 15.9. The quantitative estimate of drug-likeness (QED) is 0.383. The summed E-state index contributed by atoms with van der Waals surface area (Å²) in [7, 11) is 1.69. The third-order valence-electron chi connectivity index (χ3n) is 3.96. The van der Waals surface area contributed by atoms with Crippen LogP contribution in [0.4, 0.5) is 5.82 Å². The second-order valence-electron chi connectivity index (χ2n) is 5.54. The topological polar surface area (TPSA) is 59.4 Å². The number of ether oxygens (including phenoxy) is 1. The van der Waals surface area contributed by atoms with E-state index in [0.29, 0.717) is 5.82 Å². The van der Waals surface area contributed by atoms with Crippen LogP contribution in [0.15, 0.2) is 53.2 Å². The average molecular weight is 380 g/mol. The number of hydrogen-bond donors (Lipinski definition) is 1. The van der Waals surface area contributed by atoms with Gasteiger partial charge in [-0.1, -0.05) is 18.2 Å². The number of hydrogen-bond acceptors (Lipinski definition) is 7. The Morgan fingerprint density at radius 3 is 2.85 bits per heavy atom. The van der Waals surface area contributed by atoms with Gasteiger partial charge in [-0.3, -0.25) is 5.43 Å². The fraction of sp³-hybridized carbons (Fsp3) is 0.105. The minimum Gasteiger partial charge on any atom is -0.496 e. The Bertz CT molecular complexity index is 1070. The minimum atomic E-state index is 0.706. The first-order chi connectivity index (χ1) is 12.8. The number of thiophene rings is 2. The number of aromatic nitrogens is 2. The molecule has 0 spiro atoms. The number of methoxy groups -OCH3 is 1. The second kappa shape index (κ2) is 7.23. The highest BCUT2D eigenvalue weighted by Crippen LogP contribution is 2.42. The minimum absolute atomic E-state index is 0.706. The van der Waals surface area contributed by atoms with Crippen molar-refractivity contribution in [2.45, 2.75) is 6.92 Å². The molecule has 1 aromatic carbocycles. The maximum atomic E-state index is 5.52. The standard InChI is InChI=1S/C19H16N4OS2/c1-12-16-18(26-17(12)14-7-3-4-8-15(14)24-2)19(21-11-20-16)23-22-10-13-6-5-9-25-13/h3-11H,1-2H3,(H,20,21,23). The molecule has 5 nitrogen and oxygen atoms in total. The van der Waals surface area contributed by atoms with Crippen molar-refractivity contribution in [2.75, 3.05) is 12.5 Å². The van der Waals surface area contributed by atoms with Crippen LogP contribution in [0.3, 0.4) is 0 Å². The lowest BCUT2D eigenvalue weighted by atomic mass is 10.1. The zero-order chi connectivity index (χ0) is 17.9. The van der Waals surface area contributed by atoms with Gasteiger partial charge in [-0.05, 0) is 36.1 Å². The van der Waals surface area contributed by atoms with Crippen LogP contribution >= 0.6 is 22.7 Å². The maximum Gasteiger partial charge on any atom is 0.167 e. The van der Waals surface area contributed by atoms with Crippen molar-refractivity contribution in [1.29, 1.82) is 0 Å². The number of aryl methyl sites for hydroxylation is 1. The third kappa shape index (κ3) is 3.07. The van der Waals surface area contributed by atoms with Crippen molar-refractivity contribution in [3.63, 3.8) is 0 Å². The van der Waals surface area contributed by atoms with Crippen LogP contribution in [0.1, 0.15) is 10.4 Å².